The van der Waals surface area contributed by atoms with E-state index < -0.39 is 0 Å². The summed E-state index contributed by atoms with van der Waals surface area (Å²) in [6.07, 6.45) is 7.70. The highest BCUT2D eigenvalue weighted by molar-refractivity contribution is 5.82. The molecule has 2 atom stereocenters. The van der Waals surface area contributed by atoms with Crippen LogP contribution in [0.25, 0.3) is 0 Å². The van der Waals surface area contributed by atoms with Gasteiger partial charge in [0.1, 0.15) is 0 Å². The summed E-state index contributed by atoms with van der Waals surface area (Å²) in [7, 11) is 0. The van der Waals surface area contributed by atoms with Crippen LogP contribution in [0.2, 0.25) is 0 Å². The van der Waals surface area contributed by atoms with Crippen molar-refractivity contribution in [3.05, 3.63) is 0 Å². The lowest BCUT2D eigenvalue weighted by molar-refractivity contribution is 0.0344. The minimum atomic E-state index is -0.156. The van der Waals surface area contributed by atoms with E-state index in [0.717, 1.165) is 32.2 Å². The third-order valence-electron chi connectivity index (χ3n) is 5.06. The molecule has 4 nitrogen and oxygen atoms in total. The first kappa shape index (κ1) is 14.8. The largest absolute Gasteiger partial charge is 0.393 e. The summed E-state index contributed by atoms with van der Waals surface area (Å²) in [5.74, 6) is 0.300. The standard InChI is InChI=1S/C15H29N3O/c1-15(2,14(16)17)7-3-4-8-18-11-5-6-12(18)10-13(19)9-11/h11-13,19H,3-10H2,1-2H3,(H3,16,17). The van der Waals surface area contributed by atoms with Gasteiger partial charge in [0, 0.05) is 17.5 Å². The fraction of sp³-hybridized carbons (Fsp3) is 0.933. The number of rotatable bonds is 6. The maximum absolute atomic E-state index is 9.78. The summed E-state index contributed by atoms with van der Waals surface area (Å²) < 4.78 is 0. The molecule has 0 saturated carbocycles. The zero-order valence-corrected chi connectivity index (χ0v) is 12.4. The van der Waals surface area contributed by atoms with Crippen LogP contribution in [0.1, 0.15) is 58.8 Å². The maximum Gasteiger partial charge on any atom is 0.0963 e. The zero-order chi connectivity index (χ0) is 14.0. The molecular formula is C15H29N3O. The normalized spacial score (nSPS) is 31.6. The monoisotopic (exact) mass is 267 g/mol. The highest BCUT2D eigenvalue weighted by Crippen LogP contribution is 2.36. The van der Waals surface area contributed by atoms with Crippen molar-refractivity contribution < 1.29 is 5.11 Å². The number of hydrogen-bond acceptors (Lipinski definition) is 3. The van der Waals surface area contributed by atoms with Crippen molar-refractivity contribution in [2.75, 3.05) is 6.54 Å². The highest BCUT2D eigenvalue weighted by atomic mass is 16.3. The fourth-order valence-corrected chi connectivity index (χ4v) is 3.61. The van der Waals surface area contributed by atoms with Crippen molar-refractivity contribution in [3.8, 4) is 0 Å². The van der Waals surface area contributed by atoms with Gasteiger partial charge in [-0.2, -0.15) is 0 Å². The number of nitrogens with zero attached hydrogens (tertiary/aromatic N) is 1. The molecule has 0 spiro atoms. The average Bonchev–Trinajstić information content (AvgIpc) is 2.56. The molecule has 0 aliphatic carbocycles. The van der Waals surface area contributed by atoms with E-state index in [-0.39, 0.29) is 11.5 Å². The van der Waals surface area contributed by atoms with Crippen LogP contribution >= 0.6 is 0 Å². The lowest BCUT2D eigenvalue weighted by Crippen LogP contribution is -2.45. The van der Waals surface area contributed by atoms with Gasteiger partial charge in [-0.05, 0) is 45.1 Å². The zero-order valence-electron chi connectivity index (χ0n) is 12.4. The van der Waals surface area contributed by atoms with Crippen LogP contribution in [0.15, 0.2) is 0 Å². The average molecular weight is 267 g/mol. The van der Waals surface area contributed by atoms with Crippen LogP contribution in [0.3, 0.4) is 0 Å². The Morgan fingerprint density at radius 1 is 1.26 bits per heavy atom. The molecule has 0 aromatic heterocycles. The first-order valence-electron chi connectivity index (χ1n) is 7.68. The van der Waals surface area contributed by atoms with Crippen LogP contribution in [0.4, 0.5) is 0 Å². The van der Waals surface area contributed by atoms with Gasteiger partial charge in [-0.1, -0.05) is 20.3 Å². The third kappa shape index (κ3) is 3.48. The van der Waals surface area contributed by atoms with Crippen LogP contribution < -0.4 is 5.73 Å². The molecular weight excluding hydrogens is 238 g/mol. The highest BCUT2D eigenvalue weighted by Gasteiger charge is 2.39. The molecule has 2 heterocycles. The second-order valence-electron chi connectivity index (χ2n) is 7.00. The van der Waals surface area contributed by atoms with E-state index in [2.05, 4.69) is 18.7 Å². The molecule has 19 heavy (non-hydrogen) atoms. The Kier molecular flexibility index (Phi) is 4.51. The number of hydrogen-bond donors (Lipinski definition) is 3. The molecule has 2 rings (SSSR count). The molecule has 2 bridgehead atoms. The predicted molar refractivity (Wildman–Crippen MR) is 78.3 cm³/mol. The Hall–Kier alpha value is -0.610. The second kappa shape index (κ2) is 5.80. The van der Waals surface area contributed by atoms with Crippen LogP contribution in [0, 0.1) is 10.8 Å². The lowest BCUT2D eigenvalue weighted by Gasteiger charge is -2.37. The number of piperidine rings is 1. The summed E-state index contributed by atoms with van der Waals surface area (Å²) >= 11 is 0. The van der Waals surface area contributed by atoms with Crippen molar-refractivity contribution in [1.29, 1.82) is 5.41 Å². The summed E-state index contributed by atoms with van der Waals surface area (Å²) in [6.45, 7) is 5.25. The minimum absolute atomic E-state index is 0.0644. The van der Waals surface area contributed by atoms with Crippen LogP contribution in [0.5, 0.6) is 0 Å². The van der Waals surface area contributed by atoms with Gasteiger partial charge < -0.3 is 10.8 Å². The van der Waals surface area contributed by atoms with Crippen molar-refractivity contribution >= 4 is 5.84 Å². The number of amidine groups is 1. The molecule has 0 radical (unpaired) electrons. The van der Waals surface area contributed by atoms with Gasteiger partial charge in [-0.3, -0.25) is 10.3 Å². The van der Waals surface area contributed by atoms with E-state index in [1.165, 1.54) is 19.3 Å². The number of nitrogens with two attached hydrogens (primary N) is 1. The van der Waals surface area contributed by atoms with Crippen molar-refractivity contribution in [1.82, 2.24) is 4.90 Å². The molecule has 2 aliphatic rings. The van der Waals surface area contributed by atoms with Gasteiger partial charge in [0.25, 0.3) is 0 Å². The summed E-state index contributed by atoms with van der Waals surface area (Å²) in [5, 5.41) is 17.3. The number of unbranched alkanes of at least 4 members (excludes halogenated alkanes) is 1. The molecule has 110 valence electrons. The molecule has 0 amide bonds. The van der Waals surface area contributed by atoms with Crippen molar-refractivity contribution in [2.45, 2.75) is 77.0 Å². The molecule has 0 aromatic carbocycles. The van der Waals surface area contributed by atoms with Gasteiger partial charge >= 0.3 is 0 Å². The van der Waals surface area contributed by atoms with Gasteiger partial charge in [-0.15, -0.1) is 0 Å². The maximum atomic E-state index is 9.78. The molecule has 2 saturated heterocycles. The summed E-state index contributed by atoms with van der Waals surface area (Å²) in [5.41, 5.74) is 5.45. The van der Waals surface area contributed by atoms with Crippen LogP contribution in [-0.2, 0) is 0 Å². The molecule has 4 heteroatoms. The first-order valence-corrected chi connectivity index (χ1v) is 7.68. The van der Waals surface area contributed by atoms with Gasteiger partial charge in [0.2, 0.25) is 0 Å². The van der Waals surface area contributed by atoms with Crippen molar-refractivity contribution in [3.63, 3.8) is 0 Å². The predicted octanol–water partition coefficient (Wildman–Crippen LogP) is 2.11. The van der Waals surface area contributed by atoms with E-state index in [0.29, 0.717) is 17.9 Å². The Morgan fingerprint density at radius 2 is 1.84 bits per heavy atom. The van der Waals surface area contributed by atoms with E-state index in [1.54, 1.807) is 0 Å². The van der Waals surface area contributed by atoms with E-state index >= 15 is 0 Å². The van der Waals surface area contributed by atoms with Gasteiger partial charge in [0.05, 0.1) is 11.9 Å². The molecule has 2 fully saturated rings. The molecule has 0 aromatic rings. The van der Waals surface area contributed by atoms with Crippen molar-refractivity contribution in [2.24, 2.45) is 11.1 Å². The Labute approximate surface area is 116 Å². The smallest absolute Gasteiger partial charge is 0.0963 e. The Morgan fingerprint density at radius 3 is 2.37 bits per heavy atom. The van der Waals surface area contributed by atoms with E-state index in [1.807, 2.05) is 0 Å². The number of aliphatic hydroxyl groups excluding tert-OH is 1. The number of fused-ring (bicyclic) bond motifs is 2. The number of aliphatic hydroxyl groups is 1. The molecule has 2 unspecified atom stereocenters. The molecule has 2 aliphatic heterocycles. The Balaban J connectivity index is 1.71. The topological polar surface area (TPSA) is 73.3 Å². The van der Waals surface area contributed by atoms with Gasteiger partial charge in [-0.25, -0.2) is 0 Å². The summed E-state index contributed by atoms with van der Waals surface area (Å²) in [4.78, 5) is 2.62. The number of nitrogens with one attached hydrogen (secondary N) is 1. The SMILES string of the molecule is CC(C)(CCCCN1C2CCC1CC(O)C2)C(=N)N. The van der Waals surface area contributed by atoms with Gasteiger partial charge in [0.15, 0.2) is 0 Å². The van der Waals surface area contributed by atoms with E-state index in [4.69, 9.17) is 11.1 Å². The second-order valence-corrected chi connectivity index (χ2v) is 7.00. The Bertz CT molecular complexity index is 315. The summed E-state index contributed by atoms with van der Waals surface area (Å²) in [6, 6.07) is 1.24. The minimum Gasteiger partial charge on any atom is -0.393 e. The quantitative estimate of drug-likeness (QED) is 0.392. The molecule has 4 N–H and O–H groups in total. The lowest BCUT2D eigenvalue weighted by atomic mass is 9.86. The van der Waals surface area contributed by atoms with Crippen LogP contribution in [-0.4, -0.2) is 40.6 Å². The van der Waals surface area contributed by atoms with E-state index in [9.17, 15) is 5.11 Å². The third-order valence-corrected chi connectivity index (χ3v) is 5.06. The fourth-order valence-electron chi connectivity index (χ4n) is 3.61. The first-order chi connectivity index (χ1) is 8.90.